The lowest BCUT2D eigenvalue weighted by Crippen LogP contribution is -2.35. The number of thiazole rings is 1. The number of carbonyl (C=O) groups excluding carboxylic acids is 1. The fourth-order valence-electron chi connectivity index (χ4n) is 4.09. The number of fused-ring (bicyclic) bond motifs is 1. The van der Waals surface area contributed by atoms with Crippen LogP contribution in [-0.4, -0.2) is 40.5 Å². The molecule has 2 aromatic rings. The van der Waals surface area contributed by atoms with E-state index in [1.807, 2.05) is 29.3 Å². The lowest BCUT2D eigenvalue weighted by atomic mass is 9.81. The van der Waals surface area contributed by atoms with Gasteiger partial charge in [0.2, 0.25) is 0 Å². The van der Waals surface area contributed by atoms with Gasteiger partial charge in [-0.15, -0.1) is 11.3 Å². The SMILES string of the molecule is Cc1nc(C(=O)N2C[C@H]3CCC[C@@]3(COc3cccnc3)C2)cs1. The van der Waals surface area contributed by atoms with Crippen molar-refractivity contribution in [3.63, 3.8) is 0 Å². The lowest BCUT2D eigenvalue weighted by molar-refractivity contribution is 0.0741. The van der Waals surface area contributed by atoms with Crippen LogP contribution in [0.4, 0.5) is 0 Å². The molecule has 2 aliphatic rings. The van der Waals surface area contributed by atoms with Crippen LogP contribution in [-0.2, 0) is 0 Å². The highest BCUT2D eigenvalue weighted by molar-refractivity contribution is 7.09. The number of hydrogen-bond acceptors (Lipinski definition) is 5. The minimum Gasteiger partial charge on any atom is -0.491 e. The summed E-state index contributed by atoms with van der Waals surface area (Å²) >= 11 is 1.53. The van der Waals surface area contributed by atoms with E-state index in [0.717, 1.165) is 30.3 Å². The fraction of sp³-hybridized carbons (Fsp3) is 0.500. The third-order valence-electron chi connectivity index (χ3n) is 5.33. The second kappa shape index (κ2) is 6.16. The number of nitrogens with zero attached hydrogens (tertiary/aromatic N) is 3. The van der Waals surface area contributed by atoms with Crippen LogP contribution in [0.5, 0.6) is 5.75 Å². The highest BCUT2D eigenvalue weighted by Gasteiger charge is 2.51. The molecule has 1 aliphatic heterocycles. The van der Waals surface area contributed by atoms with E-state index in [9.17, 15) is 4.79 Å². The van der Waals surface area contributed by atoms with Crippen LogP contribution in [0.15, 0.2) is 29.9 Å². The van der Waals surface area contributed by atoms with Crippen LogP contribution in [0.3, 0.4) is 0 Å². The molecule has 0 unspecified atom stereocenters. The highest BCUT2D eigenvalue weighted by Crippen LogP contribution is 2.49. The molecule has 0 aromatic carbocycles. The van der Waals surface area contributed by atoms with E-state index in [4.69, 9.17) is 4.74 Å². The molecule has 1 saturated heterocycles. The summed E-state index contributed by atoms with van der Waals surface area (Å²) in [6.07, 6.45) is 7.01. The molecule has 0 spiro atoms. The van der Waals surface area contributed by atoms with Crippen molar-refractivity contribution < 1.29 is 9.53 Å². The van der Waals surface area contributed by atoms with Crippen molar-refractivity contribution in [1.29, 1.82) is 0 Å². The molecule has 126 valence electrons. The van der Waals surface area contributed by atoms with Crippen molar-refractivity contribution in [3.8, 4) is 5.75 Å². The number of hydrogen-bond donors (Lipinski definition) is 0. The van der Waals surface area contributed by atoms with Gasteiger partial charge in [0.1, 0.15) is 11.4 Å². The number of aryl methyl sites for hydroxylation is 1. The number of likely N-dealkylation sites (tertiary alicyclic amines) is 1. The van der Waals surface area contributed by atoms with Gasteiger partial charge >= 0.3 is 0 Å². The Balaban J connectivity index is 1.47. The Bertz CT molecular complexity index is 733. The summed E-state index contributed by atoms with van der Waals surface area (Å²) in [6, 6.07) is 3.82. The third kappa shape index (κ3) is 2.79. The van der Waals surface area contributed by atoms with Gasteiger partial charge in [0, 0.05) is 30.1 Å². The number of rotatable bonds is 4. The average Bonchev–Trinajstić information content (AvgIpc) is 3.27. The second-order valence-corrected chi connectivity index (χ2v) is 7.93. The van der Waals surface area contributed by atoms with Crippen molar-refractivity contribution in [2.75, 3.05) is 19.7 Å². The Kier molecular flexibility index (Phi) is 4.00. The van der Waals surface area contributed by atoms with Gasteiger partial charge in [-0.25, -0.2) is 4.98 Å². The largest absolute Gasteiger partial charge is 0.491 e. The van der Waals surface area contributed by atoms with Gasteiger partial charge in [0.05, 0.1) is 17.8 Å². The first-order valence-electron chi connectivity index (χ1n) is 8.40. The maximum atomic E-state index is 12.7. The minimum absolute atomic E-state index is 0.0644. The van der Waals surface area contributed by atoms with Crippen molar-refractivity contribution in [3.05, 3.63) is 40.6 Å². The van der Waals surface area contributed by atoms with Crippen molar-refractivity contribution >= 4 is 17.2 Å². The van der Waals surface area contributed by atoms with E-state index < -0.39 is 0 Å². The quantitative estimate of drug-likeness (QED) is 0.856. The molecule has 5 nitrogen and oxygen atoms in total. The summed E-state index contributed by atoms with van der Waals surface area (Å²) in [6.45, 7) is 4.19. The highest BCUT2D eigenvalue weighted by atomic mass is 32.1. The van der Waals surface area contributed by atoms with Crippen molar-refractivity contribution in [1.82, 2.24) is 14.9 Å². The minimum atomic E-state index is 0.0644. The number of pyridine rings is 1. The summed E-state index contributed by atoms with van der Waals surface area (Å²) < 4.78 is 6.02. The lowest BCUT2D eigenvalue weighted by Gasteiger charge is -2.28. The van der Waals surface area contributed by atoms with E-state index in [1.165, 1.54) is 24.2 Å². The number of carbonyl (C=O) groups is 1. The first kappa shape index (κ1) is 15.6. The zero-order valence-electron chi connectivity index (χ0n) is 13.8. The molecular formula is C18H21N3O2S. The van der Waals surface area contributed by atoms with Gasteiger partial charge in [-0.2, -0.15) is 0 Å². The van der Waals surface area contributed by atoms with E-state index in [-0.39, 0.29) is 11.3 Å². The normalized spacial score (nSPS) is 25.7. The standard InChI is InChI=1S/C18H21N3O2S/c1-13-20-16(10-24-13)17(22)21-9-14-4-2-6-18(14,11-21)12-23-15-5-3-7-19-8-15/h3,5,7-8,10,14H,2,4,6,9,11-12H2,1H3/t14-,18+/m1/s1. The van der Waals surface area contributed by atoms with Crippen molar-refractivity contribution in [2.45, 2.75) is 26.2 Å². The maximum absolute atomic E-state index is 12.7. The van der Waals surface area contributed by atoms with Gasteiger partial charge in [-0.3, -0.25) is 9.78 Å². The van der Waals surface area contributed by atoms with Gasteiger partial charge in [0.25, 0.3) is 5.91 Å². The number of ether oxygens (including phenoxy) is 1. The van der Waals surface area contributed by atoms with E-state index in [2.05, 4.69) is 9.97 Å². The predicted molar refractivity (Wildman–Crippen MR) is 92.3 cm³/mol. The molecule has 1 saturated carbocycles. The Morgan fingerprint density at radius 2 is 2.46 bits per heavy atom. The Labute approximate surface area is 145 Å². The molecule has 0 radical (unpaired) electrons. The first-order valence-corrected chi connectivity index (χ1v) is 9.28. The van der Waals surface area contributed by atoms with Gasteiger partial charge in [-0.1, -0.05) is 6.42 Å². The summed E-state index contributed by atoms with van der Waals surface area (Å²) in [7, 11) is 0. The number of amides is 1. The average molecular weight is 343 g/mol. The molecule has 1 amide bonds. The molecule has 3 heterocycles. The molecule has 2 aromatic heterocycles. The molecule has 2 atom stereocenters. The molecule has 4 rings (SSSR count). The molecule has 2 fully saturated rings. The van der Waals surface area contributed by atoms with Crippen LogP contribution >= 0.6 is 11.3 Å². The van der Waals surface area contributed by atoms with Crippen LogP contribution in [0.25, 0.3) is 0 Å². The topological polar surface area (TPSA) is 55.3 Å². The monoisotopic (exact) mass is 343 g/mol. The van der Waals surface area contributed by atoms with E-state index in [1.54, 1.807) is 12.4 Å². The van der Waals surface area contributed by atoms with Crippen LogP contribution in [0.1, 0.15) is 34.8 Å². The predicted octanol–water partition coefficient (Wildman–Crippen LogP) is 3.17. The second-order valence-electron chi connectivity index (χ2n) is 6.87. The van der Waals surface area contributed by atoms with E-state index >= 15 is 0 Å². The fourth-order valence-corrected chi connectivity index (χ4v) is 4.67. The molecule has 6 heteroatoms. The van der Waals surface area contributed by atoms with Crippen LogP contribution < -0.4 is 4.74 Å². The van der Waals surface area contributed by atoms with Gasteiger partial charge in [0.15, 0.2) is 0 Å². The Morgan fingerprint density at radius 1 is 1.54 bits per heavy atom. The first-order chi connectivity index (χ1) is 11.7. The molecule has 24 heavy (non-hydrogen) atoms. The van der Waals surface area contributed by atoms with Gasteiger partial charge in [-0.05, 0) is 37.8 Å². The summed E-state index contributed by atoms with van der Waals surface area (Å²) in [5.41, 5.74) is 0.664. The summed E-state index contributed by atoms with van der Waals surface area (Å²) in [4.78, 5) is 23.2. The third-order valence-corrected chi connectivity index (χ3v) is 6.10. The van der Waals surface area contributed by atoms with E-state index in [0.29, 0.717) is 18.2 Å². The van der Waals surface area contributed by atoms with Crippen LogP contribution in [0, 0.1) is 18.3 Å². The summed E-state index contributed by atoms with van der Waals surface area (Å²) in [5, 5.41) is 2.80. The Hall–Kier alpha value is -1.95. The van der Waals surface area contributed by atoms with Gasteiger partial charge < -0.3 is 9.64 Å². The maximum Gasteiger partial charge on any atom is 0.273 e. The Morgan fingerprint density at radius 3 is 3.21 bits per heavy atom. The summed E-state index contributed by atoms with van der Waals surface area (Å²) in [5.74, 6) is 1.39. The molecular weight excluding hydrogens is 322 g/mol. The van der Waals surface area contributed by atoms with Crippen molar-refractivity contribution in [2.24, 2.45) is 11.3 Å². The zero-order valence-corrected chi connectivity index (χ0v) is 14.6. The number of aromatic nitrogens is 2. The zero-order chi connectivity index (χ0) is 16.6. The smallest absolute Gasteiger partial charge is 0.273 e. The van der Waals surface area contributed by atoms with Crippen LogP contribution in [0.2, 0.25) is 0 Å². The molecule has 1 aliphatic carbocycles. The molecule has 0 bridgehead atoms. The molecule has 0 N–H and O–H groups in total.